The molecule has 0 bridgehead atoms. The van der Waals surface area contributed by atoms with E-state index in [4.69, 9.17) is 23.7 Å². The number of amides is 3. The summed E-state index contributed by atoms with van der Waals surface area (Å²) >= 11 is 0. The number of carbonyl (C=O) groups is 3. The Kier molecular flexibility index (Phi) is 13.3. The smallest absolute Gasteiger partial charge is 0.255 e. The Morgan fingerprint density at radius 3 is 2.30 bits per heavy atom. The van der Waals surface area contributed by atoms with Crippen LogP contribution in [0.3, 0.4) is 0 Å². The lowest BCUT2D eigenvalue weighted by Gasteiger charge is -2.63. The van der Waals surface area contributed by atoms with Crippen molar-refractivity contribution in [3.8, 4) is 23.3 Å². The SMILES string of the molecule is COc1cc(O[C@H]2C(C)(C)[C@H](NC(=O)c3ccc(N4CCO[C@@H](CN5CCN(c6ccc(C(=O)NC7CCC(=O)NCOC7)c(OC)c6)CC5)C4)cc3)C2(C)C)ccc1C#N. The second-order valence-corrected chi connectivity index (χ2v) is 17.5. The average molecular weight is 838 g/mol. The van der Waals surface area contributed by atoms with Crippen LogP contribution in [-0.4, -0.2) is 127 Å². The van der Waals surface area contributed by atoms with Gasteiger partial charge in [0.15, 0.2) is 0 Å². The van der Waals surface area contributed by atoms with Gasteiger partial charge >= 0.3 is 0 Å². The van der Waals surface area contributed by atoms with Crippen LogP contribution >= 0.6 is 0 Å². The summed E-state index contributed by atoms with van der Waals surface area (Å²) in [6.07, 6.45) is 0.689. The molecule has 3 aromatic carbocycles. The lowest BCUT2D eigenvalue weighted by molar-refractivity contribution is -0.164. The van der Waals surface area contributed by atoms with Crippen molar-refractivity contribution >= 4 is 29.1 Å². The summed E-state index contributed by atoms with van der Waals surface area (Å²) in [6, 6.07) is 20.5. The summed E-state index contributed by atoms with van der Waals surface area (Å²) in [5, 5.41) is 18.3. The molecule has 3 aromatic rings. The van der Waals surface area contributed by atoms with Crippen LogP contribution in [0.4, 0.5) is 11.4 Å². The number of carbonyl (C=O) groups excluding carboxylic acids is 3. The molecule has 61 heavy (non-hydrogen) atoms. The largest absolute Gasteiger partial charge is 0.496 e. The molecule has 0 spiro atoms. The summed E-state index contributed by atoms with van der Waals surface area (Å²) in [6.45, 7) is 15.2. The van der Waals surface area contributed by atoms with E-state index in [9.17, 15) is 19.6 Å². The van der Waals surface area contributed by atoms with Gasteiger partial charge in [0.2, 0.25) is 5.91 Å². The summed E-state index contributed by atoms with van der Waals surface area (Å²) in [5.74, 6) is 1.12. The van der Waals surface area contributed by atoms with Crippen molar-refractivity contribution in [1.29, 1.82) is 5.26 Å². The fraction of sp³-hybridized carbons (Fsp3) is 0.522. The van der Waals surface area contributed by atoms with Gasteiger partial charge in [0.05, 0.1) is 50.7 Å². The molecule has 3 amide bonds. The monoisotopic (exact) mass is 837 g/mol. The number of methoxy groups -OCH3 is 2. The standard InChI is InChI=1S/C46H59N7O8/c1-45(2)43(46(3,4)44(45)61-35-14-9-31(25-47)38(24-35)57-5)50-41(55)30-7-11-33(12-8-30)53-21-22-60-36(27-53)26-51-17-19-52(20-18-51)34-13-15-37(39(23-34)58-6)42(56)49-32-10-16-40(54)48-29-59-28-32/h7-9,11-15,23-24,32,36,43-44H,10,16-22,26-29H2,1-6H3,(H,48,54)(H,49,56)(H,50,55)/t32?,36-,43-,44-/m0/s1. The highest BCUT2D eigenvalue weighted by atomic mass is 16.5. The minimum absolute atomic E-state index is 0.0439. The van der Waals surface area contributed by atoms with Gasteiger partial charge in [0.25, 0.3) is 11.8 Å². The van der Waals surface area contributed by atoms with Gasteiger partial charge in [-0.2, -0.15) is 5.26 Å². The number of morpholine rings is 1. The van der Waals surface area contributed by atoms with Crippen LogP contribution < -0.4 is 40.0 Å². The fourth-order valence-electron chi connectivity index (χ4n) is 9.60. The van der Waals surface area contributed by atoms with E-state index in [0.29, 0.717) is 60.0 Å². The van der Waals surface area contributed by atoms with Crippen molar-refractivity contribution in [3.63, 3.8) is 0 Å². The zero-order valence-electron chi connectivity index (χ0n) is 36.1. The van der Waals surface area contributed by atoms with E-state index in [-0.39, 0.29) is 59.6 Å². The first-order valence-electron chi connectivity index (χ1n) is 21.1. The average Bonchev–Trinajstić information content (AvgIpc) is 3.26. The lowest BCUT2D eigenvalue weighted by atomic mass is 9.49. The molecule has 1 saturated carbocycles. The Bertz CT molecular complexity index is 2080. The van der Waals surface area contributed by atoms with E-state index in [1.807, 2.05) is 36.4 Å². The molecule has 3 aliphatic heterocycles. The van der Waals surface area contributed by atoms with Crippen LogP contribution in [0.2, 0.25) is 0 Å². The van der Waals surface area contributed by atoms with E-state index >= 15 is 0 Å². The van der Waals surface area contributed by atoms with Crippen LogP contribution in [0.25, 0.3) is 0 Å². The molecule has 4 fully saturated rings. The molecule has 0 radical (unpaired) electrons. The minimum atomic E-state index is -0.359. The predicted octanol–water partition coefficient (Wildman–Crippen LogP) is 4.20. The molecule has 1 aliphatic carbocycles. The molecular weight excluding hydrogens is 779 g/mol. The highest BCUT2D eigenvalue weighted by Gasteiger charge is 2.64. The number of nitriles is 1. The van der Waals surface area contributed by atoms with Gasteiger partial charge < -0.3 is 49.4 Å². The molecule has 3 N–H and O–H groups in total. The Morgan fingerprint density at radius 1 is 0.869 bits per heavy atom. The maximum absolute atomic E-state index is 13.6. The molecule has 15 heteroatoms. The van der Waals surface area contributed by atoms with Crippen LogP contribution in [0.5, 0.6) is 17.2 Å². The Morgan fingerprint density at radius 2 is 1.59 bits per heavy atom. The van der Waals surface area contributed by atoms with E-state index < -0.39 is 0 Å². The number of ether oxygens (including phenoxy) is 5. The summed E-state index contributed by atoms with van der Waals surface area (Å²) in [4.78, 5) is 45.7. The Balaban J connectivity index is 0.880. The van der Waals surface area contributed by atoms with E-state index in [0.717, 1.165) is 57.2 Å². The van der Waals surface area contributed by atoms with Crippen LogP contribution in [0, 0.1) is 22.2 Å². The molecule has 1 unspecified atom stereocenters. The Hall–Kier alpha value is -5.56. The first-order valence-corrected chi connectivity index (χ1v) is 21.1. The van der Waals surface area contributed by atoms with Gasteiger partial charge in [-0.1, -0.05) is 27.7 Å². The number of nitrogens with zero attached hydrogens (tertiary/aromatic N) is 4. The van der Waals surface area contributed by atoms with Crippen LogP contribution in [0.1, 0.15) is 66.8 Å². The molecule has 3 heterocycles. The van der Waals surface area contributed by atoms with Crippen LogP contribution in [-0.2, 0) is 14.3 Å². The number of hydrogen-bond donors (Lipinski definition) is 3. The summed E-state index contributed by atoms with van der Waals surface area (Å²) < 4.78 is 29.2. The molecule has 7 rings (SSSR count). The fourth-order valence-corrected chi connectivity index (χ4v) is 9.60. The van der Waals surface area contributed by atoms with Gasteiger partial charge in [-0.05, 0) is 55.0 Å². The van der Waals surface area contributed by atoms with Crippen molar-refractivity contribution in [2.45, 2.75) is 64.8 Å². The molecule has 4 aliphatic rings. The third-order valence-electron chi connectivity index (χ3n) is 12.7. The number of benzene rings is 3. The predicted molar refractivity (Wildman–Crippen MR) is 230 cm³/mol. The quantitative estimate of drug-likeness (QED) is 0.239. The van der Waals surface area contributed by atoms with Crippen molar-refractivity contribution in [3.05, 3.63) is 77.4 Å². The van der Waals surface area contributed by atoms with Gasteiger partial charge in [-0.25, -0.2) is 0 Å². The molecule has 326 valence electrons. The van der Waals surface area contributed by atoms with Crippen molar-refractivity contribution in [1.82, 2.24) is 20.9 Å². The summed E-state index contributed by atoms with van der Waals surface area (Å²) in [5.41, 5.74) is 2.83. The highest BCUT2D eigenvalue weighted by molar-refractivity contribution is 5.98. The van der Waals surface area contributed by atoms with Crippen molar-refractivity contribution < 1.29 is 38.1 Å². The van der Waals surface area contributed by atoms with E-state index in [1.54, 1.807) is 31.4 Å². The highest BCUT2D eigenvalue weighted by Crippen LogP contribution is 2.55. The molecular formula is C46H59N7O8. The maximum Gasteiger partial charge on any atom is 0.255 e. The number of anilines is 2. The first kappa shape index (κ1) is 43.5. The van der Waals surface area contributed by atoms with Gasteiger partial charge in [0.1, 0.15) is 36.2 Å². The third-order valence-corrected chi connectivity index (χ3v) is 12.7. The minimum Gasteiger partial charge on any atom is -0.496 e. The third kappa shape index (κ3) is 9.67. The maximum atomic E-state index is 13.6. The number of nitrogens with one attached hydrogen (secondary N) is 3. The van der Waals surface area contributed by atoms with Gasteiger partial charge in [-0.3, -0.25) is 19.3 Å². The van der Waals surface area contributed by atoms with Crippen molar-refractivity contribution in [2.75, 3.05) is 89.8 Å². The lowest BCUT2D eigenvalue weighted by Crippen LogP contribution is -2.74. The second kappa shape index (κ2) is 18.6. The van der Waals surface area contributed by atoms with E-state index in [1.165, 1.54) is 7.11 Å². The second-order valence-electron chi connectivity index (χ2n) is 17.5. The Labute approximate surface area is 358 Å². The van der Waals surface area contributed by atoms with Gasteiger partial charge in [0, 0.05) is 98.2 Å². The number of rotatable bonds is 12. The molecule has 0 aromatic heterocycles. The van der Waals surface area contributed by atoms with Crippen LogP contribution in [0.15, 0.2) is 60.7 Å². The number of hydrogen-bond acceptors (Lipinski definition) is 12. The first-order chi connectivity index (χ1) is 29.3. The molecule has 15 nitrogen and oxygen atoms in total. The zero-order chi connectivity index (χ0) is 43.3. The van der Waals surface area contributed by atoms with Crippen molar-refractivity contribution in [2.24, 2.45) is 10.8 Å². The number of piperazine rings is 1. The zero-order valence-corrected chi connectivity index (χ0v) is 36.1. The summed E-state index contributed by atoms with van der Waals surface area (Å²) in [7, 11) is 3.10. The topological polar surface area (TPSA) is 167 Å². The van der Waals surface area contributed by atoms with E-state index in [2.05, 4.69) is 64.4 Å². The molecule has 3 saturated heterocycles. The normalized spacial score (nSPS) is 23.9. The van der Waals surface area contributed by atoms with Gasteiger partial charge in [-0.15, -0.1) is 0 Å². The molecule has 2 atom stereocenters.